The van der Waals surface area contributed by atoms with Crippen molar-refractivity contribution in [2.24, 2.45) is 0 Å². The van der Waals surface area contributed by atoms with Gasteiger partial charge in [-0.05, 0) is 0 Å². The van der Waals surface area contributed by atoms with Crippen molar-refractivity contribution in [1.82, 2.24) is 29.9 Å². The first kappa shape index (κ1) is 13.9. The molecule has 6 nitrogen and oxygen atoms in total. The summed E-state index contributed by atoms with van der Waals surface area (Å²) in [7, 11) is 0. The summed E-state index contributed by atoms with van der Waals surface area (Å²) in [6, 6.07) is 9.51. The molecule has 4 heterocycles. The van der Waals surface area contributed by atoms with E-state index in [1.807, 2.05) is 30.3 Å². The van der Waals surface area contributed by atoms with Crippen molar-refractivity contribution in [2.75, 3.05) is 0 Å². The Bertz CT molecular complexity index is 976. The van der Waals surface area contributed by atoms with E-state index in [4.69, 9.17) is 4.98 Å². The molecule has 4 aromatic heterocycles. The molecule has 0 saturated heterocycles. The first-order valence-corrected chi connectivity index (χ1v) is 7.80. The number of hydrogen-bond acceptors (Lipinski definition) is 6. The molecule has 0 N–H and O–H groups in total. The quantitative estimate of drug-likeness (QED) is 0.502. The Kier molecular flexibility index (Phi) is 3.52. The minimum absolute atomic E-state index is 0.550. The van der Waals surface area contributed by atoms with Gasteiger partial charge < -0.3 is 0 Å². The van der Waals surface area contributed by atoms with Crippen LogP contribution in [-0.4, -0.2) is 46.8 Å². The molecule has 0 aliphatic carbocycles. The Morgan fingerprint density at radius 3 is 2.57 bits per heavy atom. The van der Waals surface area contributed by atoms with Gasteiger partial charge in [0, 0.05) is 0 Å². The van der Waals surface area contributed by atoms with Crippen LogP contribution in [0.3, 0.4) is 0 Å². The van der Waals surface area contributed by atoms with E-state index in [1.165, 1.54) is 6.33 Å². The summed E-state index contributed by atoms with van der Waals surface area (Å²) in [5.74, 6) is 0. The van der Waals surface area contributed by atoms with Crippen LogP contribution in [0.15, 0.2) is 55.2 Å². The van der Waals surface area contributed by atoms with E-state index >= 15 is 0 Å². The average Bonchev–Trinajstić information content (AvgIpc) is 2.63. The summed E-state index contributed by atoms with van der Waals surface area (Å²) in [6.07, 6.45) is 6.70. The first-order valence-electron chi connectivity index (χ1n) is 6.86. The fraction of sp³-hybridized carbons (Fsp3) is 0. The maximum absolute atomic E-state index is 4.73. The van der Waals surface area contributed by atoms with Crippen molar-refractivity contribution >= 4 is 32.5 Å². The number of pyridine rings is 2. The Hall–Kier alpha value is -2.72. The third-order valence-electron chi connectivity index (χ3n) is 3.29. The van der Waals surface area contributed by atoms with Crippen LogP contribution in [0, 0.1) is 0 Å². The molecule has 0 aromatic carbocycles. The number of hydrogen-bond donors (Lipinski definition) is 0. The Balaban J connectivity index is 2.07. The van der Waals surface area contributed by atoms with Gasteiger partial charge in [-0.1, -0.05) is 0 Å². The van der Waals surface area contributed by atoms with Gasteiger partial charge in [-0.3, -0.25) is 0 Å². The van der Waals surface area contributed by atoms with E-state index in [9.17, 15) is 0 Å². The summed E-state index contributed by atoms with van der Waals surface area (Å²) in [5.41, 5.74) is 4.21. The second-order valence-corrected chi connectivity index (χ2v) is 5.64. The molecular formula is C16H9AsN6. The molecule has 0 atom stereocenters. The van der Waals surface area contributed by atoms with Gasteiger partial charge in [0.15, 0.2) is 0 Å². The number of nitrogens with zero attached hydrogens (tertiary/aromatic N) is 6. The molecule has 0 aliphatic heterocycles. The van der Waals surface area contributed by atoms with E-state index in [1.54, 1.807) is 18.6 Å². The molecule has 0 aliphatic rings. The van der Waals surface area contributed by atoms with Crippen LogP contribution in [0.5, 0.6) is 0 Å². The molecule has 2 radical (unpaired) electrons. The van der Waals surface area contributed by atoms with Crippen molar-refractivity contribution in [3.8, 4) is 22.6 Å². The predicted octanol–water partition coefficient (Wildman–Crippen LogP) is 1.34. The van der Waals surface area contributed by atoms with E-state index in [2.05, 4.69) is 41.8 Å². The average molecular weight is 360 g/mol. The zero-order valence-corrected chi connectivity index (χ0v) is 13.7. The van der Waals surface area contributed by atoms with Crippen molar-refractivity contribution in [3.05, 3.63) is 55.2 Å². The van der Waals surface area contributed by atoms with Crippen molar-refractivity contribution in [3.63, 3.8) is 0 Å². The van der Waals surface area contributed by atoms with Gasteiger partial charge in [0.1, 0.15) is 0 Å². The van der Waals surface area contributed by atoms with Crippen LogP contribution in [0.25, 0.3) is 33.8 Å². The number of fused-ring (bicyclic) bond motifs is 1. The van der Waals surface area contributed by atoms with Gasteiger partial charge in [0.25, 0.3) is 0 Å². The predicted molar refractivity (Wildman–Crippen MR) is 87.0 cm³/mol. The zero-order valence-electron chi connectivity index (χ0n) is 11.8. The van der Waals surface area contributed by atoms with Crippen molar-refractivity contribution in [2.45, 2.75) is 0 Å². The molecule has 0 amide bonds. The molecule has 0 saturated carbocycles. The summed E-state index contributed by atoms with van der Waals surface area (Å²) in [6.45, 7) is 0. The van der Waals surface area contributed by atoms with Gasteiger partial charge in [0.05, 0.1) is 0 Å². The summed E-state index contributed by atoms with van der Waals surface area (Å²) >= 11 is 2.40. The van der Waals surface area contributed by atoms with E-state index < -0.39 is 0 Å². The van der Waals surface area contributed by atoms with Gasteiger partial charge >= 0.3 is 140 Å². The van der Waals surface area contributed by atoms with Crippen LogP contribution in [0.1, 0.15) is 0 Å². The fourth-order valence-corrected chi connectivity index (χ4v) is 2.67. The number of rotatable bonds is 2. The summed E-state index contributed by atoms with van der Waals surface area (Å²) in [4.78, 5) is 26.4. The minimum atomic E-state index is 0.550. The molecule has 0 unspecified atom stereocenters. The number of aromatic nitrogens is 6. The van der Waals surface area contributed by atoms with E-state index in [0.717, 1.165) is 15.7 Å². The fourth-order valence-electron chi connectivity index (χ4n) is 2.25. The van der Waals surface area contributed by atoms with Crippen LogP contribution in [-0.2, 0) is 0 Å². The summed E-state index contributed by atoms with van der Waals surface area (Å²) < 4.78 is 0.727. The van der Waals surface area contributed by atoms with Crippen molar-refractivity contribution < 1.29 is 0 Å². The Morgan fingerprint density at radius 2 is 1.78 bits per heavy atom. The molecule has 7 heteroatoms. The Morgan fingerprint density at radius 1 is 0.826 bits per heavy atom. The molecule has 4 rings (SSSR count). The SMILES string of the molecule is [As]c1ncnc2nc(-c3cccnc3)c(-c3ccccn3)nc12. The maximum atomic E-state index is 4.73. The van der Waals surface area contributed by atoms with Gasteiger partial charge in [-0.25, -0.2) is 0 Å². The molecule has 0 spiro atoms. The molecule has 4 aromatic rings. The third kappa shape index (κ3) is 2.57. The molecule has 23 heavy (non-hydrogen) atoms. The normalized spacial score (nSPS) is 10.8. The molecular weight excluding hydrogens is 351 g/mol. The molecule has 0 fully saturated rings. The third-order valence-corrected chi connectivity index (χ3v) is 3.98. The van der Waals surface area contributed by atoms with Gasteiger partial charge in [-0.15, -0.1) is 0 Å². The molecule has 0 bridgehead atoms. The van der Waals surface area contributed by atoms with Crippen LogP contribution in [0.4, 0.5) is 0 Å². The van der Waals surface area contributed by atoms with Gasteiger partial charge in [0.2, 0.25) is 0 Å². The molecule has 108 valence electrons. The van der Waals surface area contributed by atoms with Crippen molar-refractivity contribution in [1.29, 1.82) is 0 Å². The topological polar surface area (TPSA) is 77.3 Å². The second-order valence-electron chi connectivity index (χ2n) is 4.75. The van der Waals surface area contributed by atoms with Crippen LogP contribution < -0.4 is 4.48 Å². The van der Waals surface area contributed by atoms with E-state index in [0.29, 0.717) is 22.6 Å². The first-order chi connectivity index (χ1) is 11.3. The monoisotopic (exact) mass is 360 g/mol. The van der Waals surface area contributed by atoms with Gasteiger partial charge in [-0.2, -0.15) is 0 Å². The summed E-state index contributed by atoms with van der Waals surface area (Å²) in [5, 5.41) is 0. The van der Waals surface area contributed by atoms with Crippen LogP contribution >= 0.6 is 0 Å². The Labute approximate surface area is 140 Å². The standard InChI is InChI=1S/C16H9AsN6/c17-15-14-16(21-9-20-15)23-12(10-4-3-6-18-8-10)13(22-14)11-5-1-2-7-19-11/h1-9H. The van der Waals surface area contributed by atoms with E-state index in [-0.39, 0.29) is 0 Å². The second kappa shape index (κ2) is 5.82. The zero-order chi connectivity index (χ0) is 15.6. The van der Waals surface area contributed by atoms with Crippen LogP contribution in [0.2, 0.25) is 0 Å².